The van der Waals surface area contributed by atoms with Crippen molar-refractivity contribution in [2.75, 3.05) is 0 Å². The number of rotatable bonds is 4. The highest BCUT2D eigenvalue weighted by Gasteiger charge is 2.51. The molecule has 5 rings (SSSR count). The maximum atomic E-state index is 13.5. The van der Waals surface area contributed by atoms with Crippen molar-refractivity contribution in [3.8, 4) is 11.7 Å². The molecule has 12 heteroatoms. The first-order valence-electron chi connectivity index (χ1n) is 10.0. The van der Waals surface area contributed by atoms with Gasteiger partial charge in [0.25, 0.3) is 5.91 Å². The Morgan fingerprint density at radius 2 is 1.84 bits per heavy atom. The van der Waals surface area contributed by atoms with E-state index in [1.165, 1.54) is 17.2 Å². The van der Waals surface area contributed by atoms with Crippen LogP contribution in [-0.2, 0) is 6.18 Å². The summed E-state index contributed by atoms with van der Waals surface area (Å²) in [5.74, 6) is -0.257. The number of nitrogens with zero attached hydrogens (tertiary/aromatic N) is 7. The lowest BCUT2D eigenvalue weighted by atomic mass is 9.98. The largest absolute Gasteiger partial charge is 0.458 e. The molecule has 5 heterocycles. The van der Waals surface area contributed by atoms with Crippen LogP contribution in [0.2, 0.25) is 0 Å². The van der Waals surface area contributed by atoms with Gasteiger partial charge in [0.1, 0.15) is 11.8 Å². The van der Waals surface area contributed by atoms with Crippen molar-refractivity contribution in [2.24, 2.45) is 0 Å². The molecule has 0 saturated carbocycles. The third kappa shape index (κ3) is 3.55. The Kier molecular flexibility index (Phi) is 4.79. The maximum Gasteiger partial charge on any atom is 0.419 e. The fourth-order valence-electron chi connectivity index (χ4n) is 4.37. The number of halogens is 3. The van der Waals surface area contributed by atoms with E-state index >= 15 is 0 Å². The van der Waals surface area contributed by atoms with Crippen LogP contribution in [-0.4, -0.2) is 58.9 Å². The minimum Gasteiger partial charge on any atom is -0.458 e. The zero-order valence-corrected chi connectivity index (χ0v) is 16.9. The summed E-state index contributed by atoms with van der Waals surface area (Å²) in [7, 11) is 0. The van der Waals surface area contributed by atoms with Crippen molar-refractivity contribution in [3.05, 3.63) is 53.9 Å². The van der Waals surface area contributed by atoms with Crippen LogP contribution in [0, 0.1) is 6.92 Å². The van der Waals surface area contributed by atoms with Crippen LogP contribution in [0.1, 0.15) is 41.0 Å². The van der Waals surface area contributed by atoms with Gasteiger partial charge in [0, 0.05) is 30.6 Å². The second-order valence-corrected chi connectivity index (χ2v) is 7.79. The van der Waals surface area contributed by atoms with Gasteiger partial charge in [-0.3, -0.25) is 4.79 Å². The molecule has 3 aromatic heterocycles. The minimum atomic E-state index is -4.52. The Morgan fingerprint density at radius 1 is 1.12 bits per heavy atom. The number of fused-ring (bicyclic) bond motifs is 2. The summed E-state index contributed by atoms with van der Waals surface area (Å²) in [6, 6.07) is 3.07. The van der Waals surface area contributed by atoms with E-state index in [0.29, 0.717) is 36.6 Å². The van der Waals surface area contributed by atoms with Gasteiger partial charge in [-0.25, -0.2) is 15.0 Å². The molecule has 166 valence electrons. The average molecular weight is 445 g/mol. The Bertz CT molecular complexity index is 1140. The molecule has 2 saturated heterocycles. The summed E-state index contributed by atoms with van der Waals surface area (Å²) < 4.78 is 44.0. The molecule has 3 atom stereocenters. The number of carbonyl (C=O) groups excluding carboxylic acids is 1. The molecule has 0 N–H and O–H groups in total. The summed E-state index contributed by atoms with van der Waals surface area (Å²) >= 11 is 0. The minimum absolute atomic E-state index is 0.0623. The van der Waals surface area contributed by atoms with E-state index in [1.54, 1.807) is 24.0 Å². The third-order valence-corrected chi connectivity index (χ3v) is 5.78. The molecule has 32 heavy (non-hydrogen) atoms. The molecular weight excluding hydrogens is 427 g/mol. The standard InChI is InChI=1S/C20H18F3N7O2/c1-11-2-4-15(30-26-6-7-27-30)17(28-11)18(31)29-13-3-5-14(29)16(8-13)32-19-24-9-12(10-25-19)20(21,22)23/h2,4,6-7,9-10,13-14,16H,3,5,8H2,1H3. The van der Waals surface area contributed by atoms with Crippen molar-refractivity contribution < 1.29 is 22.7 Å². The molecular formula is C20H18F3N7O2. The maximum absolute atomic E-state index is 13.5. The number of hydrogen-bond acceptors (Lipinski definition) is 7. The lowest BCUT2D eigenvalue weighted by Gasteiger charge is -2.24. The van der Waals surface area contributed by atoms with Crippen LogP contribution in [0.3, 0.4) is 0 Å². The van der Waals surface area contributed by atoms with Gasteiger partial charge in [-0.1, -0.05) is 0 Å². The van der Waals surface area contributed by atoms with Crippen LogP contribution < -0.4 is 4.74 Å². The van der Waals surface area contributed by atoms with Crippen molar-refractivity contribution >= 4 is 5.91 Å². The van der Waals surface area contributed by atoms with E-state index < -0.39 is 17.8 Å². The van der Waals surface area contributed by atoms with Crippen molar-refractivity contribution in [2.45, 2.75) is 50.6 Å². The van der Waals surface area contributed by atoms with Gasteiger partial charge >= 0.3 is 12.2 Å². The van der Waals surface area contributed by atoms with Gasteiger partial charge in [0.05, 0.1) is 24.0 Å². The molecule has 3 aromatic rings. The summed E-state index contributed by atoms with van der Waals surface area (Å²) in [6.07, 6.45) is 1.55. The van der Waals surface area contributed by atoms with Crippen molar-refractivity contribution in [3.63, 3.8) is 0 Å². The summed E-state index contributed by atoms with van der Waals surface area (Å²) in [4.78, 5) is 28.4. The van der Waals surface area contributed by atoms with Crippen molar-refractivity contribution in [1.29, 1.82) is 0 Å². The number of carbonyl (C=O) groups is 1. The van der Waals surface area contributed by atoms with Gasteiger partial charge in [-0.2, -0.15) is 23.4 Å². The number of amides is 1. The Hall–Kier alpha value is -3.57. The predicted molar refractivity (Wildman–Crippen MR) is 103 cm³/mol. The van der Waals surface area contributed by atoms with Gasteiger partial charge < -0.3 is 9.64 Å². The topological polar surface area (TPSA) is 98.9 Å². The second kappa shape index (κ2) is 7.53. The van der Waals surface area contributed by atoms with Gasteiger partial charge in [0.15, 0.2) is 5.69 Å². The zero-order chi connectivity index (χ0) is 22.5. The van der Waals surface area contributed by atoms with E-state index in [9.17, 15) is 18.0 Å². The van der Waals surface area contributed by atoms with Crippen LogP contribution in [0.5, 0.6) is 6.01 Å². The number of aromatic nitrogens is 6. The van der Waals surface area contributed by atoms with E-state index in [4.69, 9.17) is 4.74 Å². The molecule has 3 unspecified atom stereocenters. The smallest absolute Gasteiger partial charge is 0.419 e. The molecule has 0 aromatic carbocycles. The van der Waals surface area contributed by atoms with Crippen LogP contribution in [0.4, 0.5) is 13.2 Å². The highest BCUT2D eigenvalue weighted by Crippen LogP contribution is 2.40. The molecule has 0 spiro atoms. The molecule has 2 aliphatic rings. The number of ether oxygens (including phenoxy) is 1. The molecule has 1 amide bonds. The third-order valence-electron chi connectivity index (χ3n) is 5.78. The Morgan fingerprint density at radius 3 is 2.53 bits per heavy atom. The molecule has 0 radical (unpaired) electrons. The lowest BCUT2D eigenvalue weighted by Crippen LogP contribution is -2.40. The highest BCUT2D eigenvalue weighted by molar-refractivity contribution is 5.96. The molecule has 2 fully saturated rings. The predicted octanol–water partition coefficient (Wildman–Crippen LogP) is 2.60. The summed E-state index contributed by atoms with van der Waals surface area (Å²) in [6.45, 7) is 1.80. The summed E-state index contributed by atoms with van der Waals surface area (Å²) in [5.41, 5.74) is 0.451. The first kappa shape index (κ1) is 20.3. The molecule has 2 aliphatic heterocycles. The Labute approximate surface area is 180 Å². The van der Waals surface area contributed by atoms with Gasteiger partial charge in [-0.15, -0.1) is 4.80 Å². The average Bonchev–Trinajstić information content (AvgIpc) is 3.49. The number of aryl methyl sites for hydroxylation is 1. The van der Waals surface area contributed by atoms with Gasteiger partial charge in [-0.05, 0) is 31.9 Å². The monoisotopic (exact) mass is 445 g/mol. The van der Waals surface area contributed by atoms with E-state index in [0.717, 1.165) is 6.42 Å². The zero-order valence-electron chi connectivity index (χ0n) is 16.9. The van der Waals surface area contributed by atoms with Crippen LogP contribution in [0.25, 0.3) is 5.69 Å². The first-order valence-corrected chi connectivity index (χ1v) is 10.0. The highest BCUT2D eigenvalue weighted by atomic mass is 19.4. The lowest BCUT2D eigenvalue weighted by molar-refractivity contribution is -0.138. The number of hydrogen-bond donors (Lipinski definition) is 0. The Balaban J connectivity index is 1.38. The van der Waals surface area contributed by atoms with E-state index in [2.05, 4.69) is 25.1 Å². The number of alkyl halides is 3. The second-order valence-electron chi connectivity index (χ2n) is 7.79. The fraction of sp³-hybridized carbons (Fsp3) is 0.400. The molecule has 2 bridgehead atoms. The quantitative estimate of drug-likeness (QED) is 0.609. The van der Waals surface area contributed by atoms with Gasteiger partial charge in [0.2, 0.25) is 0 Å². The van der Waals surface area contributed by atoms with E-state index in [-0.39, 0.29) is 29.7 Å². The fourth-order valence-corrected chi connectivity index (χ4v) is 4.37. The van der Waals surface area contributed by atoms with E-state index in [1.807, 2.05) is 0 Å². The first-order chi connectivity index (χ1) is 15.3. The van der Waals surface area contributed by atoms with Crippen LogP contribution in [0.15, 0.2) is 36.9 Å². The molecule has 0 aliphatic carbocycles. The van der Waals surface area contributed by atoms with Crippen LogP contribution >= 0.6 is 0 Å². The number of pyridine rings is 1. The summed E-state index contributed by atoms with van der Waals surface area (Å²) in [5, 5.41) is 8.22. The van der Waals surface area contributed by atoms with Crippen molar-refractivity contribution in [1.82, 2.24) is 34.8 Å². The molecule has 9 nitrogen and oxygen atoms in total. The normalized spacial score (nSPS) is 22.4. The SMILES string of the molecule is Cc1ccc(-n2nccn2)c(C(=O)N2C3CCC2C(Oc2ncc(C(F)(F)F)cn2)C3)n1.